The minimum atomic E-state index is -0.948. The molecule has 0 aromatic heterocycles. The molecule has 0 aromatic carbocycles. The van der Waals surface area contributed by atoms with Gasteiger partial charge in [-0.25, -0.2) is 14.8 Å². The number of alkyl halides is 1. The van der Waals surface area contributed by atoms with Gasteiger partial charge in [0.05, 0.1) is 18.2 Å². The average Bonchev–Trinajstić information content (AvgIpc) is 2.98. The second-order valence-electron chi connectivity index (χ2n) is 8.70. The molecule has 8 atom stereocenters. The fourth-order valence-corrected chi connectivity index (χ4v) is 5.25. The normalized spacial score (nSPS) is 46.0. The zero-order valence-corrected chi connectivity index (χ0v) is 16.1. The molecule has 0 aromatic rings. The Morgan fingerprint density at radius 1 is 1.19 bits per heavy atom. The Labute approximate surface area is 160 Å². The van der Waals surface area contributed by atoms with Gasteiger partial charge in [-0.2, -0.15) is 0 Å². The van der Waals surface area contributed by atoms with Crippen molar-refractivity contribution in [2.45, 2.75) is 56.8 Å². The summed E-state index contributed by atoms with van der Waals surface area (Å²) in [5.41, 5.74) is 9.24. The molecule has 9 heteroatoms. The third kappa shape index (κ3) is 4.13. The van der Waals surface area contributed by atoms with Crippen molar-refractivity contribution in [3.63, 3.8) is 0 Å². The first kappa shape index (κ1) is 19.5. The van der Waals surface area contributed by atoms with Gasteiger partial charge in [0, 0.05) is 31.7 Å². The van der Waals surface area contributed by atoms with Gasteiger partial charge < -0.3 is 21.7 Å². The van der Waals surface area contributed by atoms with Gasteiger partial charge in [0.2, 0.25) is 5.91 Å². The predicted molar refractivity (Wildman–Crippen MR) is 101 cm³/mol. The molecule has 4 aliphatic heterocycles. The molecule has 154 valence electrons. The minimum absolute atomic E-state index is 0.0388. The van der Waals surface area contributed by atoms with Crippen molar-refractivity contribution >= 4 is 5.91 Å². The Hall–Kier alpha value is -0.840. The number of nitrogens with zero attached hydrogens (tertiary/aromatic N) is 1. The number of piperidine rings is 2. The number of carbonyl (C=O) groups excluding carboxylic acids is 1. The number of hydrogen-bond acceptors (Lipinski definition) is 7. The van der Waals surface area contributed by atoms with E-state index >= 15 is 0 Å². The molecule has 0 aliphatic carbocycles. The second-order valence-corrected chi connectivity index (χ2v) is 8.70. The number of fused-ring (bicyclic) bond motifs is 1. The number of hydrogen-bond donors (Lipinski definition) is 6. The van der Waals surface area contributed by atoms with Gasteiger partial charge in [-0.05, 0) is 51.1 Å². The molecule has 0 radical (unpaired) electrons. The molecule has 4 fully saturated rings. The standard InChI is InChI=1S/C18H34FN7O/c1-10-2-3-11(6-22-10)13-4-5-21-8-14(13)24-18(27)15-16(20)25-26-9-12(19)7-23-17(15)26/h10-17,21-23,25H,2-9,20H2,1H3,(H,24,27). The highest BCUT2D eigenvalue weighted by atomic mass is 19.1. The summed E-state index contributed by atoms with van der Waals surface area (Å²) in [7, 11) is 0. The smallest absolute Gasteiger partial charge is 0.229 e. The Bertz CT molecular complexity index is 530. The maximum Gasteiger partial charge on any atom is 0.229 e. The molecule has 4 aliphatic rings. The number of nitrogens with two attached hydrogens (primary N) is 1. The van der Waals surface area contributed by atoms with Gasteiger partial charge in [-0.15, -0.1) is 0 Å². The zero-order valence-electron chi connectivity index (χ0n) is 16.1. The van der Waals surface area contributed by atoms with Gasteiger partial charge >= 0.3 is 0 Å². The molecule has 4 saturated heterocycles. The van der Waals surface area contributed by atoms with Crippen molar-refractivity contribution in [3.05, 3.63) is 0 Å². The third-order valence-corrected chi connectivity index (χ3v) is 6.79. The molecule has 27 heavy (non-hydrogen) atoms. The molecule has 0 bridgehead atoms. The highest BCUT2D eigenvalue weighted by molar-refractivity contribution is 5.80. The molecular weight excluding hydrogens is 349 g/mol. The lowest BCUT2D eigenvalue weighted by Crippen LogP contribution is -2.61. The topological polar surface area (TPSA) is 106 Å². The second kappa shape index (κ2) is 8.26. The summed E-state index contributed by atoms with van der Waals surface area (Å²) in [6.07, 6.45) is 1.79. The van der Waals surface area contributed by atoms with Crippen LogP contribution >= 0.6 is 0 Å². The maximum atomic E-state index is 13.6. The molecule has 8 unspecified atom stereocenters. The SMILES string of the molecule is CC1CCC(C2CCNCC2NC(=O)C2C(N)NN3CC(F)CNC23)CN1. The largest absolute Gasteiger partial charge is 0.351 e. The summed E-state index contributed by atoms with van der Waals surface area (Å²) in [5, 5.41) is 15.2. The summed E-state index contributed by atoms with van der Waals surface area (Å²) in [6.45, 7) is 5.58. The zero-order chi connectivity index (χ0) is 19.0. The van der Waals surface area contributed by atoms with Crippen molar-refractivity contribution in [1.82, 2.24) is 31.7 Å². The molecule has 1 amide bonds. The molecule has 8 nitrogen and oxygen atoms in total. The van der Waals surface area contributed by atoms with Crippen LogP contribution in [0.4, 0.5) is 4.39 Å². The Balaban J connectivity index is 1.40. The van der Waals surface area contributed by atoms with E-state index in [2.05, 4.69) is 33.6 Å². The fraction of sp³-hybridized carbons (Fsp3) is 0.944. The van der Waals surface area contributed by atoms with Gasteiger partial charge in [-0.1, -0.05) is 0 Å². The summed E-state index contributed by atoms with van der Waals surface area (Å²) in [5.74, 6) is 0.611. The van der Waals surface area contributed by atoms with Gasteiger partial charge in [0.1, 0.15) is 6.17 Å². The highest BCUT2D eigenvalue weighted by Gasteiger charge is 2.47. The summed E-state index contributed by atoms with van der Waals surface area (Å²) < 4.78 is 13.6. The van der Waals surface area contributed by atoms with Crippen molar-refractivity contribution in [1.29, 1.82) is 0 Å². The molecule has 4 rings (SSSR count). The van der Waals surface area contributed by atoms with E-state index in [4.69, 9.17) is 5.73 Å². The molecular formula is C18H34FN7O. The van der Waals surface area contributed by atoms with Crippen molar-refractivity contribution < 1.29 is 9.18 Å². The van der Waals surface area contributed by atoms with Crippen LogP contribution in [-0.4, -0.2) is 74.2 Å². The van der Waals surface area contributed by atoms with Crippen molar-refractivity contribution in [3.8, 4) is 0 Å². The number of hydrazine groups is 1. The van der Waals surface area contributed by atoms with E-state index in [1.54, 1.807) is 5.01 Å². The lowest BCUT2D eigenvalue weighted by molar-refractivity contribution is -0.128. The fourth-order valence-electron chi connectivity index (χ4n) is 5.25. The number of rotatable bonds is 3. The molecule has 7 N–H and O–H groups in total. The van der Waals surface area contributed by atoms with Gasteiger partial charge in [-0.3, -0.25) is 10.1 Å². The van der Waals surface area contributed by atoms with Crippen LogP contribution in [0.1, 0.15) is 26.2 Å². The van der Waals surface area contributed by atoms with Gasteiger partial charge in [0.25, 0.3) is 0 Å². The Morgan fingerprint density at radius 2 is 2.04 bits per heavy atom. The van der Waals surface area contributed by atoms with Gasteiger partial charge in [0.15, 0.2) is 0 Å². The van der Waals surface area contributed by atoms with E-state index in [-0.39, 0.29) is 31.2 Å². The number of nitrogens with one attached hydrogen (secondary N) is 5. The third-order valence-electron chi connectivity index (χ3n) is 6.79. The van der Waals surface area contributed by atoms with E-state index in [9.17, 15) is 9.18 Å². The number of amides is 1. The Morgan fingerprint density at radius 3 is 2.81 bits per heavy atom. The van der Waals surface area contributed by atoms with Crippen LogP contribution < -0.4 is 32.4 Å². The van der Waals surface area contributed by atoms with E-state index in [1.807, 2.05) is 0 Å². The summed E-state index contributed by atoms with van der Waals surface area (Å²) in [4.78, 5) is 13.1. The number of halogens is 1. The molecule has 0 spiro atoms. The van der Waals surface area contributed by atoms with Crippen LogP contribution in [-0.2, 0) is 4.79 Å². The molecule has 0 saturated carbocycles. The number of carbonyl (C=O) groups is 1. The van der Waals surface area contributed by atoms with Crippen LogP contribution in [0.5, 0.6) is 0 Å². The van der Waals surface area contributed by atoms with Crippen LogP contribution in [0, 0.1) is 17.8 Å². The first-order chi connectivity index (χ1) is 13.0. The highest BCUT2D eigenvalue weighted by Crippen LogP contribution is 2.30. The lowest BCUT2D eigenvalue weighted by Gasteiger charge is -2.41. The average molecular weight is 384 g/mol. The summed E-state index contributed by atoms with van der Waals surface area (Å²) in [6, 6.07) is 0.700. The monoisotopic (exact) mass is 383 g/mol. The van der Waals surface area contributed by atoms with E-state index in [1.165, 1.54) is 12.8 Å². The maximum absolute atomic E-state index is 13.6. The van der Waals surface area contributed by atoms with Crippen molar-refractivity contribution in [2.24, 2.45) is 23.5 Å². The lowest BCUT2D eigenvalue weighted by atomic mass is 9.76. The Kier molecular flexibility index (Phi) is 5.96. The first-order valence-corrected chi connectivity index (χ1v) is 10.4. The molecule has 4 heterocycles. The quantitative estimate of drug-likeness (QED) is 0.351. The van der Waals surface area contributed by atoms with E-state index < -0.39 is 18.3 Å². The van der Waals surface area contributed by atoms with E-state index in [0.717, 1.165) is 26.1 Å². The van der Waals surface area contributed by atoms with Crippen LogP contribution in [0.15, 0.2) is 0 Å². The van der Waals surface area contributed by atoms with Crippen LogP contribution in [0.2, 0.25) is 0 Å². The predicted octanol–water partition coefficient (Wildman–Crippen LogP) is -1.54. The first-order valence-electron chi connectivity index (χ1n) is 10.4. The summed E-state index contributed by atoms with van der Waals surface area (Å²) >= 11 is 0. The van der Waals surface area contributed by atoms with Crippen LogP contribution in [0.25, 0.3) is 0 Å². The van der Waals surface area contributed by atoms with E-state index in [0.29, 0.717) is 17.9 Å². The minimum Gasteiger partial charge on any atom is -0.351 e. The van der Waals surface area contributed by atoms with Crippen molar-refractivity contribution in [2.75, 3.05) is 32.7 Å². The van der Waals surface area contributed by atoms with Crippen LogP contribution in [0.3, 0.4) is 0 Å².